The number of rotatable bonds is 4. The molecular formula is C15H24FN3. The Morgan fingerprint density at radius 1 is 1.26 bits per heavy atom. The number of nitrogens with two attached hydrogens (primary N) is 1. The summed E-state index contributed by atoms with van der Waals surface area (Å²) in [6.45, 7) is 9.03. The van der Waals surface area contributed by atoms with Crippen LogP contribution in [0.4, 0.5) is 10.1 Å². The molecule has 1 atom stereocenters. The summed E-state index contributed by atoms with van der Waals surface area (Å²) in [4.78, 5) is 4.57. The van der Waals surface area contributed by atoms with Crippen molar-refractivity contribution in [3.05, 3.63) is 29.6 Å². The van der Waals surface area contributed by atoms with Crippen molar-refractivity contribution in [1.82, 2.24) is 4.90 Å². The van der Waals surface area contributed by atoms with Crippen LogP contribution in [-0.4, -0.2) is 37.6 Å². The highest BCUT2D eigenvalue weighted by molar-refractivity contribution is 5.50. The summed E-state index contributed by atoms with van der Waals surface area (Å²) in [6.07, 6.45) is 1.18. The largest absolute Gasteiger partial charge is 0.367 e. The average molecular weight is 265 g/mol. The maximum absolute atomic E-state index is 14.1. The topological polar surface area (TPSA) is 32.5 Å². The molecule has 1 saturated heterocycles. The normalized spacial score (nSPS) is 18.6. The van der Waals surface area contributed by atoms with Crippen molar-refractivity contribution in [3.63, 3.8) is 0 Å². The van der Waals surface area contributed by atoms with Crippen LogP contribution in [0.3, 0.4) is 0 Å². The van der Waals surface area contributed by atoms with Crippen molar-refractivity contribution >= 4 is 5.69 Å². The Bertz CT molecular complexity index is 412. The zero-order chi connectivity index (χ0) is 13.8. The van der Waals surface area contributed by atoms with Crippen LogP contribution in [0.1, 0.15) is 31.9 Å². The number of nitrogens with zero attached hydrogens (tertiary/aromatic N) is 2. The first-order valence-electron chi connectivity index (χ1n) is 7.14. The summed E-state index contributed by atoms with van der Waals surface area (Å²) in [5.74, 6) is -0.154. The van der Waals surface area contributed by atoms with Crippen molar-refractivity contribution in [2.24, 2.45) is 5.73 Å². The minimum atomic E-state index is -0.154. The van der Waals surface area contributed by atoms with Gasteiger partial charge < -0.3 is 10.6 Å². The Hall–Kier alpha value is -1.13. The molecule has 0 aromatic heterocycles. The monoisotopic (exact) mass is 265 g/mol. The van der Waals surface area contributed by atoms with Crippen molar-refractivity contribution in [2.75, 3.05) is 37.6 Å². The molecule has 3 nitrogen and oxygen atoms in total. The van der Waals surface area contributed by atoms with E-state index in [4.69, 9.17) is 5.73 Å². The van der Waals surface area contributed by atoms with Gasteiger partial charge in [-0.2, -0.15) is 0 Å². The van der Waals surface area contributed by atoms with E-state index in [9.17, 15) is 4.39 Å². The third-order valence-electron chi connectivity index (χ3n) is 3.75. The molecule has 1 aromatic rings. The molecule has 1 fully saturated rings. The van der Waals surface area contributed by atoms with Gasteiger partial charge >= 0.3 is 0 Å². The van der Waals surface area contributed by atoms with Crippen LogP contribution in [0.25, 0.3) is 0 Å². The minimum Gasteiger partial charge on any atom is -0.367 e. The minimum absolute atomic E-state index is 0.120. The van der Waals surface area contributed by atoms with E-state index in [2.05, 4.69) is 16.7 Å². The van der Waals surface area contributed by atoms with E-state index < -0.39 is 0 Å². The molecule has 1 aromatic carbocycles. The lowest BCUT2D eigenvalue weighted by molar-refractivity contribution is 0.258. The quantitative estimate of drug-likeness (QED) is 0.907. The lowest BCUT2D eigenvalue weighted by atomic mass is 10.1. The van der Waals surface area contributed by atoms with Crippen LogP contribution in [0, 0.1) is 5.82 Å². The van der Waals surface area contributed by atoms with Crippen LogP contribution in [-0.2, 0) is 0 Å². The highest BCUT2D eigenvalue weighted by Gasteiger charge is 2.19. The number of hydrogen-bond donors (Lipinski definition) is 1. The van der Waals surface area contributed by atoms with Crippen molar-refractivity contribution in [1.29, 1.82) is 0 Å². The molecule has 0 aliphatic carbocycles. The summed E-state index contributed by atoms with van der Waals surface area (Å²) in [7, 11) is 0. The van der Waals surface area contributed by atoms with Gasteiger partial charge in [0, 0.05) is 32.2 Å². The summed E-state index contributed by atoms with van der Waals surface area (Å²) in [5.41, 5.74) is 7.34. The predicted octanol–water partition coefficient (Wildman–Crippen LogP) is 2.38. The number of hydrogen-bond acceptors (Lipinski definition) is 3. The Morgan fingerprint density at radius 3 is 2.47 bits per heavy atom. The summed E-state index contributed by atoms with van der Waals surface area (Å²) < 4.78 is 14.1. The lowest BCUT2D eigenvalue weighted by Crippen LogP contribution is -2.46. The van der Waals surface area contributed by atoms with Gasteiger partial charge in [-0.1, -0.05) is 13.0 Å². The van der Waals surface area contributed by atoms with E-state index in [1.807, 2.05) is 19.1 Å². The maximum Gasteiger partial charge on any atom is 0.146 e. The maximum atomic E-state index is 14.1. The predicted molar refractivity (Wildman–Crippen MR) is 77.9 cm³/mol. The molecule has 0 spiro atoms. The fourth-order valence-corrected chi connectivity index (χ4v) is 2.59. The van der Waals surface area contributed by atoms with E-state index in [0.717, 1.165) is 38.3 Å². The van der Waals surface area contributed by atoms with Gasteiger partial charge in [-0.05, 0) is 37.6 Å². The standard InChI is InChI=1S/C15H24FN3/c1-3-6-18-7-9-19(10-8-18)15-5-4-13(12(2)17)11-14(15)16/h4-5,11-12H,3,6-10,17H2,1-2H3/t12-/m1/s1. The molecule has 0 radical (unpaired) electrons. The average Bonchev–Trinajstić information content (AvgIpc) is 2.40. The molecule has 4 heteroatoms. The van der Waals surface area contributed by atoms with Gasteiger partial charge in [-0.3, -0.25) is 4.90 Å². The SMILES string of the molecule is CCCN1CCN(c2ccc([C@@H](C)N)cc2F)CC1. The second kappa shape index (κ2) is 6.35. The Balaban J connectivity index is 2.03. The van der Waals surface area contributed by atoms with Gasteiger partial charge in [0.1, 0.15) is 5.82 Å². The molecular weight excluding hydrogens is 241 g/mol. The number of piperazine rings is 1. The number of halogens is 1. The van der Waals surface area contributed by atoms with Crippen molar-refractivity contribution in [3.8, 4) is 0 Å². The van der Waals surface area contributed by atoms with Crippen LogP contribution >= 0.6 is 0 Å². The Labute approximate surface area is 115 Å². The highest BCUT2D eigenvalue weighted by Crippen LogP contribution is 2.23. The molecule has 0 unspecified atom stereocenters. The van der Waals surface area contributed by atoms with E-state index in [0.29, 0.717) is 5.69 Å². The van der Waals surface area contributed by atoms with Crippen LogP contribution in [0.2, 0.25) is 0 Å². The Kier molecular flexibility index (Phi) is 4.77. The third-order valence-corrected chi connectivity index (χ3v) is 3.75. The van der Waals surface area contributed by atoms with Crippen LogP contribution in [0.15, 0.2) is 18.2 Å². The third kappa shape index (κ3) is 3.45. The van der Waals surface area contributed by atoms with Gasteiger partial charge in [-0.25, -0.2) is 4.39 Å². The second-order valence-corrected chi connectivity index (χ2v) is 5.33. The van der Waals surface area contributed by atoms with Crippen molar-refractivity contribution in [2.45, 2.75) is 26.3 Å². The van der Waals surface area contributed by atoms with Gasteiger partial charge in [0.25, 0.3) is 0 Å². The first-order chi connectivity index (χ1) is 9.11. The second-order valence-electron chi connectivity index (χ2n) is 5.33. The summed E-state index contributed by atoms with van der Waals surface area (Å²) >= 11 is 0. The first-order valence-corrected chi connectivity index (χ1v) is 7.14. The number of anilines is 1. The molecule has 19 heavy (non-hydrogen) atoms. The molecule has 106 valence electrons. The number of benzene rings is 1. The van der Waals surface area contributed by atoms with Crippen LogP contribution in [0.5, 0.6) is 0 Å². The molecule has 1 heterocycles. The summed E-state index contributed by atoms with van der Waals surface area (Å²) in [5, 5.41) is 0. The zero-order valence-electron chi connectivity index (χ0n) is 11.9. The van der Waals surface area contributed by atoms with Crippen LogP contribution < -0.4 is 10.6 Å². The highest BCUT2D eigenvalue weighted by atomic mass is 19.1. The molecule has 0 amide bonds. The van der Waals surface area contributed by atoms with Gasteiger partial charge in [0.2, 0.25) is 0 Å². The molecule has 1 aliphatic rings. The molecule has 1 aliphatic heterocycles. The van der Waals surface area contributed by atoms with E-state index in [-0.39, 0.29) is 11.9 Å². The lowest BCUT2D eigenvalue weighted by Gasteiger charge is -2.36. The Morgan fingerprint density at radius 2 is 1.95 bits per heavy atom. The smallest absolute Gasteiger partial charge is 0.146 e. The molecule has 0 saturated carbocycles. The van der Waals surface area contributed by atoms with E-state index in [1.165, 1.54) is 6.42 Å². The van der Waals surface area contributed by atoms with Gasteiger partial charge in [0.15, 0.2) is 0 Å². The first kappa shape index (κ1) is 14.3. The summed E-state index contributed by atoms with van der Waals surface area (Å²) in [6, 6.07) is 5.24. The van der Waals surface area contributed by atoms with Gasteiger partial charge in [0.05, 0.1) is 5.69 Å². The molecule has 2 N–H and O–H groups in total. The van der Waals surface area contributed by atoms with E-state index in [1.54, 1.807) is 6.07 Å². The molecule has 0 bridgehead atoms. The van der Waals surface area contributed by atoms with Gasteiger partial charge in [-0.15, -0.1) is 0 Å². The fraction of sp³-hybridized carbons (Fsp3) is 0.600. The fourth-order valence-electron chi connectivity index (χ4n) is 2.59. The van der Waals surface area contributed by atoms with E-state index >= 15 is 0 Å². The zero-order valence-corrected chi connectivity index (χ0v) is 11.9. The van der Waals surface area contributed by atoms with Crippen molar-refractivity contribution < 1.29 is 4.39 Å². The molecule has 2 rings (SSSR count).